The Hall–Kier alpha value is -1.94. The standard InChI is InChI=1S/C52H100N2O7/c1-6-11-13-15-17-19-21-23-25-27-35-41-50(55)58-46-37-31-29-33-39-49(61-52(57)60-48-45-54(10-5)44-43-53(8-3)9-4)40-34-30-32-38-47-59-51(56)42-36-28-26-24-22-20-18-16-14-12-7-2/h15-18,49-50,55H,6-14,19-48H2,1-5H3/b17-15-,18-16-. The molecule has 9 nitrogen and oxygen atoms in total. The van der Waals surface area contributed by atoms with Crippen molar-refractivity contribution >= 4 is 12.1 Å². The molecule has 360 valence electrons. The van der Waals surface area contributed by atoms with Gasteiger partial charge in [0.2, 0.25) is 0 Å². The van der Waals surface area contributed by atoms with Gasteiger partial charge in [0.1, 0.15) is 12.7 Å². The van der Waals surface area contributed by atoms with Gasteiger partial charge in [-0.3, -0.25) is 9.69 Å². The number of aliphatic hydroxyl groups excluding tert-OH is 1. The van der Waals surface area contributed by atoms with Crippen LogP contribution in [0.3, 0.4) is 0 Å². The molecule has 0 rings (SSSR count). The Morgan fingerprint density at radius 1 is 0.475 bits per heavy atom. The van der Waals surface area contributed by atoms with Crippen molar-refractivity contribution in [3.63, 3.8) is 0 Å². The fourth-order valence-electron chi connectivity index (χ4n) is 7.45. The Morgan fingerprint density at radius 2 is 0.934 bits per heavy atom. The van der Waals surface area contributed by atoms with Gasteiger partial charge < -0.3 is 29.0 Å². The normalized spacial score (nSPS) is 12.9. The van der Waals surface area contributed by atoms with Crippen molar-refractivity contribution in [2.24, 2.45) is 0 Å². The van der Waals surface area contributed by atoms with Crippen molar-refractivity contribution in [1.29, 1.82) is 0 Å². The zero-order valence-electron chi connectivity index (χ0n) is 40.8. The summed E-state index contributed by atoms with van der Waals surface area (Å²) in [5.74, 6) is -0.0718. The highest BCUT2D eigenvalue weighted by Crippen LogP contribution is 2.18. The minimum Gasteiger partial charge on any atom is -0.466 e. The van der Waals surface area contributed by atoms with E-state index in [1.807, 2.05) is 0 Å². The fraction of sp³-hybridized carbons (Fsp3) is 0.885. The average molecular weight is 865 g/mol. The van der Waals surface area contributed by atoms with Gasteiger partial charge in [0, 0.05) is 32.7 Å². The van der Waals surface area contributed by atoms with Crippen molar-refractivity contribution in [3.05, 3.63) is 24.3 Å². The van der Waals surface area contributed by atoms with Crippen molar-refractivity contribution in [2.45, 2.75) is 240 Å². The van der Waals surface area contributed by atoms with Gasteiger partial charge in [0.25, 0.3) is 0 Å². The van der Waals surface area contributed by atoms with E-state index in [1.165, 1.54) is 89.9 Å². The number of rotatable bonds is 47. The van der Waals surface area contributed by atoms with E-state index in [0.29, 0.717) is 39.2 Å². The van der Waals surface area contributed by atoms with Crippen LogP contribution in [0.15, 0.2) is 24.3 Å². The summed E-state index contributed by atoms with van der Waals surface area (Å²) in [6.07, 6.45) is 39.9. The van der Waals surface area contributed by atoms with Gasteiger partial charge in [-0.25, -0.2) is 4.79 Å². The van der Waals surface area contributed by atoms with Crippen LogP contribution in [0.25, 0.3) is 0 Å². The molecule has 0 saturated heterocycles. The van der Waals surface area contributed by atoms with E-state index in [4.69, 9.17) is 18.9 Å². The number of ether oxygens (including phenoxy) is 4. The van der Waals surface area contributed by atoms with Gasteiger partial charge in [-0.2, -0.15) is 0 Å². The molecule has 0 aromatic rings. The molecule has 0 aliphatic rings. The number of carbonyl (C=O) groups excluding carboxylic acids is 2. The van der Waals surface area contributed by atoms with Gasteiger partial charge in [-0.1, -0.05) is 149 Å². The van der Waals surface area contributed by atoms with Gasteiger partial charge in [-0.15, -0.1) is 0 Å². The molecule has 0 aliphatic carbocycles. The van der Waals surface area contributed by atoms with Crippen LogP contribution in [0.1, 0.15) is 227 Å². The minimum atomic E-state index is -0.665. The van der Waals surface area contributed by atoms with Crippen LogP contribution in [-0.4, -0.2) is 98.5 Å². The van der Waals surface area contributed by atoms with Gasteiger partial charge in [-0.05, 0) is 116 Å². The number of esters is 1. The summed E-state index contributed by atoms with van der Waals surface area (Å²) < 4.78 is 22.6. The molecule has 0 radical (unpaired) electrons. The van der Waals surface area contributed by atoms with Gasteiger partial charge in [0.15, 0.2) is 6.29 Å². The molecule has 0 saturated carbocycles. The monoisotopic (exact) mass is 865 g/mol. The third-order valence-electron chi connectivity index (χ3n) is 11.7. The number of unbranched alkanes of at least 4 members (excludes halogenated alkanes) is 20. The molecule has 0 aliphatic heterocycles. The second-order valence-corrected chi connectivity index (χ2v) is 17.1. The first kappa shape index (κ1) is 59.1. The summed E-state index contributed by atoms with van der Waals surface area (Å²) in [5, 5.41) is 10.3. The van der Waals surface area contributed by atoms with Crippen molar-refractivity contribution < 1.29 is 33.6 Å². The summed E-state index contributed by atoms with van der Waals surface area (Å²) >= 11 is 0. The molecule has 2 atom stereocenters. The molecule has 0 aromatic carbocycles. The number of allylic oxidation sites excluding steroid dienone is 4. The van der Waals surface area contributed by atoms with Crippen LogP contribution >= 0.6 is 0 Å². The molecule has 2 unspecified atom stereocenters. The zero-order chi connectivity index (χ0) is 44.7. The van der Waals surface area contributed by atoms with Crippen LogP contribution in [-0.2, 0) is 23.7 Å². The molecule has 0 amide bonds. The Labute approximate surface area is 377 Å². The predicted molar refractivity (Wildman–Crippen MR) is 257 cm³/mol. The Bertz CT molecular complexity index is 989. The Morgan fingerprint density at radius 3 is 1.49 bits per heavy atom. The van der Waals surface area contributed by atoms with Crippen molar-refractivity contribution in [1.82, 2.24) is 9.80 Å². The molecular weight excluding hydrogens is 765 g/mol. The van der Waals surface area contributed by atoms with E-state index in [-0.39, 0.29) is 12.1 Å². The zero-order valence-corrected chi connectivity index (χ0v) is 40.8. The van der Waals surface area contributed by atoms with Crippen LogP contribution in [0.2, 0.25) is 0 Å². The summed E-state index contributed by atoms with van der Waals surface area (Å²) in [6.45, 7) is 18.0. The second-order valence-electron chi connectivity index (χ2n) is 17.1. The molecule has 9 heteroatoms. The summed E-state index contributed by atoms with van der Waals surface area (Å²) in [4.78, 5) is 29.7. The van der Waals surface area contributed by atoms with E-state index in [2.05, 4.69) is 68.7 Å². The second kappa shape index (κ2) is 47.5. The maximum absolute atomic E-state index is 12.8. The van der Waals surface area contributed by atoms with Crippen LogP contribution in [0.4, 0.5) is 4.79 Å². The number of likely N-dealkylation sites (N-methyl/N-ethyl adjacent to an activating group) is 2. The number of hydrogen-bond donors (Lipinski definition) is 1. The topological polar surface area (TPSA) is 97.8 Å². The molecule has 0 spiro atoms. The number of carbonyl (C=O) groups is 2. The third kappa shape index (κ3) is 43.1. The van der Waals surface area contributed by atoms with E-state index in [9.17, 15) is 14.7 Å². The molecule has 0 fully saturated rings. The lowest BCUT2D eigenvalue weighted by Gasteiger charge is -2.25. The Balaban J connectivity index is 4.37. The fourth-order valence-corrected chi connectivity index (χ4v) is 7.45. The first-order valence-electron chi connectivity index (χ1n) is 25.9. The highest BCUT2D eigenvalue weighted by atomic mass is 16.7. The molecule has 0 bridgehead atoms. The van der Waals surface area contributed by atoms with Crippen LogP contribution in [0.5, 0.6) is 0 Å². The quantitative estimate of drug-likeness (QED) is 0.0277. The van der Waals surface area contributed by atoms with Crippen LogP contribution < -0.4 is 0 Å². The van der Waals surface area contributed by atoms with Crippen molar-refractivity contribution in [3.8, 4) is 0 Å². The minimum absolute atomic E-state index is 0.0718. The molecule has 0 aromatic heterocycles. The maximum atomic E-state index is 12.8. The van der Waals surface area contributed by atoms with Crippen molar-refractivity contribution in [2.75, 3.05) is 59.1 Å². The Kier molecular flexibility index (Phi) is 46.0. The lowest BCUT2D eigenvalue weighted by Crippen LogP contribution is -2.37. The van der Waals surface area contributed by atoms with Crippen LogP contribution in [0, 0.1) is 0 Å². The summed E-state index contributed by atoms with van der Waals surface area (Å²) in [7, 11) is 0. The third-order valence-corrected chi connectivity index (χ3v) is 11.7. The summed E-state index contributed by atoms with van der Waals surface area (Å²) in [5.41, 5.74) is 0. The lowest BCUT2D eigenvalue weighted by molar-refractivity contribution is -0.143. The van der Waals surface area contributed by atoms with E-state index in [0.717, 1.165) is 123 Å². The number of aliphatic hydroxyl groups is 1. The average Bonchev–Trinajstić information content (AvgIpc) is 3.26. The number of hydrogen-bond acceptors (Lipinski definition) is 9. The first-order valence-corrected chi connectivity index (χ1v) is 25.9. The first-order chi connectivity index (χ1) is 29.9. The van der Waals surface area contributed by atoms with E-state index < -0.39 is 12.4 Å². The molecule has 0 heterocycles. The largest absolute Gasteiger partial charge is 0.508 e. The smallest absolute Gasteiger partial charge is 0.466 e. The van der Waals surface area contributed by atoms with Gasteiger partial charge >= 0.3 is 12.1 Å². The highest BCUT2D eigenvalue weighted by Gasteiger charge is 2.16. The number of nitrogens with zero attached hydrogens (tertiary/aromatic N) is 2. The lowest BCUT2D eigenvalue weighted by atomic mass is 10.0. The van der Waals surface area contributed by atoms with E-state index in [1.54, 1.807) is 0 Å². The van der Waals surface area contributed by atoms with E-state index >= 15 is 0 Å². The highest BCUT2D eigenvalue weighted by molar-refractivity contribution is 5.69. The molecule has 61 heavy (non-hydrogen) atoms. The van der Waals surface area contributed by atoms with Gasteiger partial charge in [0.05, 0.1) is 6.61 Å². The SMILES string of the molecule is CCCC/C=C\CCCCCCCC(=O)OCCCCCCC(CCCCCCOC(O)CCCCCCC/C=C\CCCC)OC(=O)OCCN(CC)CCN(CC)CC. The molecule has 1 N–H and O–H groups in total. The maximum Gasteiger partial charge on any atom is 0.508 e. The predicted octanol–water partition coefficient (Wildman–Crippen LogP) is 13.9. The summed E-state index contributed by atoms with van der Waals surface area (Å²) in [6, 6.07) is 0. The molecular formula is C52H100N2O7.